The summed E-state index contributed by atoms with van der Waals surface area (Å²) >= 11 is 0. The molecule has 0 unspecified atom stereocenters. The van der Waals surface area contributed by atoms with Crippen molar-refractivity contribution in [2.45, 2.75) is 32.1 Å². The van der Waals surface area contributed by atoms with Gasteiger partial charge in [0.25, 0.3) is 0 Å². The minimum Gasteiger partial charge on any atom is -0.383 e. The maximum absolute atomic E-state index is 13.7. The maximum atomic E-state index is 13.7. The van der Waals surface area contributed by atoms with Crippen molar-refractivity contribution in [1.29, 1.82) is 0 Å². The van der Waals surface area contributed by atoms with Gasteiger partial charge in [-0.05, 0) is 63.2 Å². The highest BCUT2D eigenvalue weighted by atomic mass is 19.1. The van der Waals surface area contributed by atoms with Gasteiger partial charge in [0.05, 0.1) is 42.3 Å². The number of nitrogens with one attached hydrogen (secondary N) is 4. The smallest absolute Gasteiger partial charge is 0.230 e. The number of piperidine rings is 1. The second-order valence-corrected chi connectivity index (χ2v) is 10.0. The van der Waals surface area contributed by atoms with Crippen LogP contribution in [0.5, 0.6) is 0 Å². The number of methoxy groups -OCH3 is 1. The fourth-order valence-electron chi connectivity index (χ4n) is 4.60. The Balaban J connectivity index is 1.38. The van der Waals surface area contributed by atoms with Gasteiger partial charge >= 0.3 is 0 Å². The fraction of sp³-hybridized carbons (Fsp3) is 0.481. The van der Waals surface area contributed by atoms with Crippen LogP contribution in [0.4, 0.5) is 10.3 Å². The summed E-state index contributed by atoms with van der Waals surface area (Å²) < 4.78 is 30.6. The van der Waals surface area contributed by atoms with Gasteiger partial charge in [0.15, 0.2) is 5.82 Å². The highest BCUT2D eigenvalue weighted by Gasteiger charge is 2.40. The molecule has 0 aliphatic carbocycles. The van der Waals surface area contributed by atoms with Crippen molar-refractivity contribution < 1.29 is 23.4 Å². The first kappa shape index (κ1) is 27.1. The second-order valence-electron chi connectivity index (χ2n) is 10.0. The molecule has 2 aliphatic heterocycles. The number of carbonyl (C=O) groups excluding carboxylic acids is 1. The Kier molecular flexibility index (Phi) is 8.46. The molecule has 0 bridgehead atoms. The van der Waals surface area contributed by atoms with Gasteiger partial charge in [0, 0.05) is 31.5 Å². The summed E-state index contributed by atoms with van der Waals surface area (Å²) in [7, 11) is 1.58. The monoisotopic (exact) mass is 539 g/mol. The SMILES string of the molecule is COCCNC(=O)C1(C)COC(c2nc(-c3ccc(F)cc3)c(-c3ccnc(NC4CCNCC4)n3)[nH]2)OC1. The molecule has 2 saturated heterocycles. The lowest BCUT2D eigenvalue weighted by Gasteiger charge is -2.35. The van der Waals surface area contributed by atoms with Crippen molar-refractivity contribution in [3.05, 3.63) is 48.2 Å². The molecule has 12 heteroatoms. The van der Waals surface area contributed by atoms with Crippen molar-refractivity contribution in [1.82, 2.24) is 30.6 Å². The molecule has 0 atom stereocenters. The van der Waals surface area contributed by atoms with Crippen molar-refractivity contribution in [2.24, 2.45) is 5.41 Å². The molecule has 39 heavy (non-hydrogen) atoms. The molecule has 1 amide bonds. The van der Waals surface area contributed by atoms with Gasteiger partial charge in [-0.2, -0.15) is 0 Å². The first-order chi connectivity index (χ1) is 18.9. The molecule has 4 heterocycles. The Morgan fingerprint density at radius 2 is 1.90 bits per heavy atom. The number of hydrogen-bond donors (Lipinski definition) is 4. The number of benzene rings is 1. The molecule has 5 rings (SSSR count). The third kappa shape index (κ3) is 6.41. The van der Waals surface area contributed by atoms with Gasteiger partial charge in [-0.1, -0.05) is 0 Å². The average Bonchev–Trinajstić information content (AvgIpc) is 3.40. The molecule has 0 radical (unpaired) electrons. The Labute approximate surface area is 226 Å². The second kappa shape index (κ2) is 12.2. The van der Waals surface area contributed by atoms with Gasteiger partial charge < -0.3 is 35.1 Å². The van der Waals surface area contributed by atoms with Crippen molar-refractivity contribution in [3.8, 4) is 22.6 Å². The average molecular weight is 540 g/mol. The lowest BCUT2D eigenvalue weighted by Crippen LogP contribution is -2.49. The Hall–Kier alpha value is -3.45. The molecular formula is C27H34FN7O4. The number of amides is 1. The van der Waals surface area contributed by atoms with Crippen LogP contribution in [-0.4, -0.2) is 78.4 Å². The number of hydrogen-bond acceptors (Lipinski definition) is 9. The van der Waals surface area contributed by atoms with E-state index in [2.05, 4.69) is 25.9 Å². The van der Waals surface area contributed by atoms with E-state index in [1.54, 1.807) is 38.4 Å². The topological polar surface area (TPSA) is 135 Å². The van der Waals surface area contributed by atoms with Gasteiger partial charge in [0.2, 0.25) is 18.1 Å². The zero-order valence-electron chi connectivity index (χ0n) is 22.1. The zero-order chi connectivity index (χ0) is 27.2. The lowest BCUT2D eigenvalue weighted by atomic mass is 9.91. The number of nitrogens with zero attached hydrogens (tertiary/aromatic N) is 3. The van der Waals surface area contributed by atoms with Crippen LogP contribution < -0.4 is 16.0 Å². The number of aromatic nitrogens is 4. The summed E-state index contributed by atoms with van der Waals surface area (Å²) in [6.45, 7) is 4.82. The van der Waals surface area contributed by atoms with E-state index in [1.165, 1.54) is 12.1 Å². The number of anilines is 1. The maximum Gasteiger partial charge on any atom is 0.230 e. The fourth-order valence-corrected chi connectivity index (χ4v) is 4.60. The van der Waals surface area contributed by atoms with E-state index in [-0.39, 0.29) is 24.9 Å². The third-order valence-corrected chi connectivity index (χ3v) is 6.89. The van der Waals surface area contributed by atoms with E-state index in [1.807, 2.05) is 0 Å². The summed E-state index contributed by atoms with van der Waals surface area (Å²) in [6.07, 6.45) is 2.86. The van der Waals surface area contributed by atoms with Crippen LogP contribution in [-0.2, 0) is 19.0 Å². The van der Waals surface area contributed by atoms with Crippen LogP contribution in [0.15, 0.2) is 36.5 Å². The summed E-state index contributed by atoms with van der Waals surface area (Å²) in [4.78, 5) is 29.9. The molecule has 3 aromatic rings. The van der Waals surface area contributed by atoms with Crippen LogP contribution in [0.25, 0.3) is 22.6 Å². The minimum atomic E-state index is -0.846. The van der Waals surface area contributed by atoms with Gasteiger partial charge in [-0.3, -0.25) is 4.79 Å². The third-order valence-electron chi connectivity index (χ3n) is 6.89. The van der Waals surface area contributed by atoms with Crippen LogP contribution >= 0.6 is 0 Å². The Morgan fingerprint density at radius 1 is 1.15 bits per heavy atom. The molecule has 11 nitrogen and oxygen atoms in total. The van der Waals surface area contributed by atoms with E-state index in [0.717, 1.165) is 25.9 Å². The highest BCUT2D eigenvalue weighted by Crippen LogP contribution is 2.35. The normalized spacial score (nSPS) is 22.0. The standard InChI is InChI=1S/C27H34FN7O4/c1-27(25(36)30-13-14-37-2)15-38-24(39-16-27)23-34-21(17-3-5-18(28)6-4-17)22(35-23)20-9-12-31-26(33-20)32-19-7-10-29-11-8-19/h3-6,9,12,19,24,29H,7-8,10-11,13-16H2,1-2H3,(H,30,36)(H,34,35)(H,31,32,33). The molecular weight excluding hydrogens is 505 g/mol. The molecule has 0 saturated carbocycles. The first-order valence-corrected chi connectivity index (χ1v) is 13.1. The van der Waals surface area contributed by atoms with E-state index in [0.29, 0.717) is 53.6 Å². The van der Waals surface area contributed by atoms with E-state index in [9.17, 15) is 9.18 Å². The van der Waals surface area contributed by atoms with Crippen LogP contribution in [0, 0.1) is 11.2 Å². The number of ether oxygens (including phenoxy) is 3. The molecule has 2 aliphatic rings. The zero-order valence-corrected chi connectivity index (χ0v) is 22.1. The van der Waals surface area contributed by atoms with Gasteiger partial charge in [-0.25, -0.2) is 19.3 Å². The minimum absolute atomic E-state index is 0.149. The quantitative estimate of drug-likeness (QED) is 0.303. The summed E-state index contributed by atoms with van der Waals surface area (Å²) in [6, 6.07) is 8.19. The predicted octanol–water partition coefficient (Wildman–Crippen LogP) is 2.65. The summed E-state index contributed by atoms with van der Waals surface area (Å²) in [5.74, 6) is 0.451. The predicted molar refractivity (Wildman–Crippen MR) is 142 cm³/mol. The van der Waals surface area contributed by atoms with Crippen molar-refractivity contribution in [3.63, 3.8) is 0 Å². The number of halogens is 1. The van der Waals surface area contributed by atoms with Crippen LogP contribution in [0.3, 0.4) is 0 Å². The lowest BCUT2D eigenvalue weighted by molar-refractivity contribution is -0.231. The Morgan fingerprint density at radius 3 is 2.62 bits per heavy atom. The van der Waals surface area contributed by atoms with Crippen molar-refractivity contribution in [2.75, 3.05) is 51.9 Å². The van der Waals surface area contributed by atoms with E-state index in [4.69, 9.17) is 24.2 Å². The molecule has 208 valence electrons. The van der Waals surface area contributed by atoms with E-state index >= 15 is 0 Å². The van der Waals surface area contributed by atoms with Gasteiger partial charge in [0.1, 0.15) is 5.82 Å². The van der Waals surface area contributed by atoms with Crippen molar-refractivity contribution >= 4 is 11.9 Å². The molecule has 4 N–H and O–H groups in total. The highest BCUT2D eigenvalue weighted by molar-refractivity contribution is 5.82. The molecule has 0 spiro atoms. The molecule has 2 aromatic heterocycles. The number of imidazole rings is 1. The largest absolute Gasteiger partial charge is 0.383 e. The first-order valence-electron chi connectivity index (χ1n) is 13.1. The summed E-state index contributed by atoms with van der Waals surface area (Å²) in [5.41, 5.74) is 1.69. The number of H-pyrrole nitrogens is 1. The number of rotatable bonds is 9. The van der Waals surface area contributed by atoms with Gasteiger partial charge in [-0.15, -0.1) is 0 Å². The number of carbonyl (C=O) groups is 1. The number of aromatic amines is 1. The summed E-state index contributed by atoms with van der Waals surface area (Å²) in [5, 5.41) is 9.62. The Bertz CT molecular complexity index is 1260. The van der Waals surface area contributed by atoms with Crippen LogP contribution in [0.2, 0.25) is 0 Å². The van der Waals surface area contributed by atoms with E-state index < -0.39 is 11.7 Å². The van der Waals surface area contributed by atoms with Crippen LogP contribution in [0.1, 0.15) is 31.9 Å². The molecule has 1 aromatic carbocycles. The molecule has 2 fully saturated rings.